The van der Waals surface area contributed by atoms with Gasteiger partial charge in [0.15, 0.2) is 17.8 Å². The van der Waals surface area contributed by atoms with Gasteiger partial charge in [-0.25, -0.2) is 9.67 Å². The molecule has 0 aromatic carbocycles. The number of rotatable bonds is 6. The smallest absolute Gasteiger partial charge is 0.309 e. The predicted molar refractivity (Wildman–Crippen MR) is 116 cm³/mol. The van der Waals surface area contributed by atoms with Gasteiger partial charge in [-0.2, -0.15) is 5.10 Å². The van der Waals surface area contributed by atoms with Crippen molar-refractivity contribution in [3.8, 4) is 5.75 Å². The number of fused-ring (bicyclic) bond motifs is 1. The molecule has 9 heteroatoms. The van der Waals surface area contributed by atoms with E-state index in [1.165, 1.54) is 37.5 Å². The highest BCUT2D eigenvalue weighted by Crippen LogP contribution is 2.48. The molecule has 5 heterocycles. The lowest BCUT2D eigenvalue weighted by atomic mass is 9.68. The number of aromatic nitrogens is 4. The van der Waals surface area contributed by atoms with Gasteiger partial charge in [0.25, 0.3) is 0 Å². The van der Waals surface area contributed by atoms with Crippen LogP contribution in [-0.2, 0) is 11.3 Å². The van der Waals surface area contributed by atoms with E-state index in [9.17, 15) is 4.79 Å². The van der Waals surface area contributed by atoms with E-state index in [2.05, 4.69) is 20.3 Å². The maximum Gasteiger partial charge on any atom is 0.309 e. The summed E-state index contributed by atoms with van der Waals surface area (Å²) in [6.07, 6.45) is 10.5. The second-order valence-electron chi connectivity index (χ2n) is 8.93. The highest BCUT2D eigenvalue weighted by Gasteiger charge is 2.44. The van der Waals surface area contributed by atoms with Crippen molar-refractivity contribution in [3.63, 3.8) is 0 Å². The average molecular weight is 422 g/mol. The zero-order valence-corrected chi connectivity index (χ0v) is 17.5. The number of hydrogen-bond donors (Lipinski definition) is 1. The number of methoxy groups -OCH3 is 1. The van der Waals surface area contributed by atoms with Crippen LogP contribution in [0.15, 0.2) is 41.6 Å². The van der Waals surface area contributed by atoms with Crippen LogP contribution < -0.4 is 20.5 Å². The van der Waals surface area contributed by atoms with Crippen LogP contribution in [0.5, 0.6) is 5.75 Å². The lowest BCUT2D eigenvalue weighted by molar-refractivity contribution is 0.165. The molecule has 162 valence electrons. The minimum atomic E-state index is -0.225. The van der Waals surface area contributed by atoms with Gasteiger partial charge in [0.2, 0.25) is 0 Å². The summed E-state index contributed by atoms with van der Waals surface area (Å²) in [5.41, 5.74) is 2.03. The maximum absolute atomic E-state index is 12.8. The molecule has 9 nitrogen and oxygen atoms in total. The number of hydrogen-bond acceptors (Lipinski definition) is 7. The summed E-state index contributed by atoms with van der Waals surface area (Å²) >= 11 is 0. The van der Waals surface area contributed by atoms with E-state index < -0.39 is 0 Å². The van der Waals surface area contributed by atoms with Gasteiger partial charge in [0.1, 0.15) is 11.8 Å². The Morgan fingerprint density at radius 2 is 2.19 bits per heavy atom. The van der Waals surface area contributed by atoms with Crippen LogP contribution in [0.1, 0.15) is 25.7 Å². The topological polar surface area (TPSA) is 89.2 Å². The molecule has 0 radical (unpaired) electrons. The minimum Gasteiger partial charge on any atom is -0.491 e. The molecule has 1 N–H and O–H groups in total. The first-order chi connectivity index (χ1) is 15.1. The highest BCUT2D eigenvalue weighted by molar-refractivity contribution is 5.55. The second kappa shape index (κ2) is 6.98. The zero-order chi connectivity index (χ0) is 21.0. The number of pyridine rings is 1. The van der Waals surface area contributed by atoms with Crippen LogP contribution in [0.2, 0.25) is 0 Å². The Morgan fingerprint density at radius 3 is 2.97 bits per heavy atom. The van der Waals surface area contributed by atoms with Crippen molar-refractivity contribution in [2.45, 2.75) is 44.6 Å². The molecule has 2 unspecified atom stereocenters. The van der Waals surface area contributed by atoms with Crippen molar-refractivity contribution >= 4 is 17.2 Å². The molecule has 31 heavy (non-hydrogen) atoms. The summed E-state index contributed by atoms with van der Waals surface area (Å²) in [6, 6.07) is 5.72. The molecule has 1 saturated carbocycles. The maximum atomic E-state index is 12.8. The van der Waals surface area contributed by atoms with E-state index in [0.29, 0.717) is 17.7 Å². The molecule has 2 aliphatic heterocycles. The van der Waals surface area contributed by atoms with E-state index in [0.717, 1.165) is 30.2 Å². The Morgan fingerprint density at radius 1 is 1.29 bits per heavy atom. The highest BCUT2D eigenvalue weighted by atomic mass is 16.6. The monoisotopic (exact) mass is 422 g/mol. The van der Waals surface area contributed by atoms with E-state index in [-0.39, 0.29) is 17.9 Å². The largest absolute Gasteiger partial charge is 0.491 e. The molecular weight excluding hydrogens is 396 g/mol. The van der Waals surface area contributed by atoms with Gasteiger partial charge in [-0.05, 0) is 30.7 Å². The molecule has 3 aromatic rings. The van der Waals surface area contributed by atoms with Crippen LogP contribution in [0.3, 0.4) is 0 Å². The number of nitrogens with one attached hydrogen (secondary N) is 1. The third-order valence-corrected chi connectivity index (χ3v) is 6.97. The molecule has 3 aromatic heterocycles. The van der Waals surface area contributed by atoms with Gasteiger partial charge in [0, 0.05) is 49.5 Å². The first-order valence-electron chi connectivity index (χ1n) is 10.9. The molecule has 0 amide bonds. The molecule has 2 atom stereocenters. The van der Waals surface area contributed by atoms with Crippen molar-refractivity contribution in [2.24, 2.45) is 5.41 Å². The summed E-state index contributed by atoms with van der Waals surface area (Å²) in [6.45, 7) is 2.38. The molecule has 1 aliphatic carbocycles. The summed E-state index contributed by atoms with van der Waals surface area (Å²) < 4.78 is 14.6. The average Bonchev–Trinajstić information content (AvgIpc) is 3.15. The van der Waals surface area contributed by atoms with E-state index >= 15 is 0 Å². The molecule has 2 saturated heterocycles. The molecule has 3 aliphatic rings. The van der Waals surface area contributed by atoms with Gasteiger partial charge in [-0.3, -0.25) is 4.79 Å². The van der Waals surface area contributed by atoms with Crippen molar-refractivity contribution in [2.75, 3.05) is 30.4 Å². The van der Waals surface area contributed by atoms with Gasteiger partial charge in [-0.1, -0.05) is 6.42 Å². The van der Waals surface area contributed by atoms with E-state index in [1.54, 1.807) is 12.3 Å². The third-order valence-electron chi connectivity index (χ3n) is 6.97. The number of ether oxygens (including phenoxy) is 2. The fraction of sp³-hybridized carbons (Fsp3) is 0.500. The predicted octanol–water partition coefficient (Wildman–Crippen LogP) is 2.12. The van der Waals surface area contributed by atoms with Gasteiger partial charge in [-0.15, -0.1) is 0 Å². The van der Waals surface area contributed by atoms with Crippen LogP contribution in [-0.4, -0.2) is 51.7 Å². The van der Waals surface area contributed by atoms with Crippen molar-refractivity contribution in [1.82, 2.24) is 19.2 Å². The van der Waals surface area contributed by atoms with Gasteiger partial charge < -0.3 is 24.1 Å². The van der Waals surface area contributed by atoms with Gasteiger partial charge in [0.05, 0.1) is 13.7 Å². The normalized spacial score (nSPS) is 23.8. The third kappa shape index (κ3) is 3.33. The molecule has 6 rings (SSSR count). The summed E-state index contributed by atoms with van der Waals surface area (Å²) in [5.74, 6) is 1.14. The lowest BCUT2D eigenvalue weighted by Gasteiger charge is -2.38. The number of epoxide rings is 1. The molecule has 1 spiro atoms. The summed E-state index contributed by atoms with van der Waals surface area (Å²) in [4.78, 5) is 19.4. The first kappa shape index (κ1) is 18.7. The van der Waals surface area contributed by atoms with Crippen molar-refractivity contribution < 1.29 is 9.47 Å². The molecule has 0 bridgehead atoms. The zero-order valence-electron chi connectivity index (χ0n) is 17.5. The molecular formula is C22H26N6O3. The number of anilines is 2. The Hall–Kier alpha value is -3.07. The Kier molecular flexibility index (Phi) is 4.21. The van der Waals surface area contributed by atoms with Gasteiger partial charge >= 0.3 is 5.56 Å². The van der Waals surface area contributed by atoms with Crippen LogP contribution in [0, 0.1) is 5.41 Å². The van der Waals surface area contributed by atoms with Crippen LogP contribution >= 0.6 is 0 Å². The van der Waals surface area contributed by atoms with Crippen LogP contribution in [0.4, 0.5) is 11.5 Å². The van der Waals surface area contributed by atoms with Crippen molar-refractivity contribution in [1.29, 1.82) is 0 Å². The van der Waals surface area contributed by atoms with Crippen molar-refractivity contribution in [3.05, 3.63) is 47.1 Å². The molecule has 3 fully saturated rings. The lowest BCUT2D eigenvalue weighted by Crippen LogP contribution is -2.35. The number of imidazole rings is 1. The Balaban J connectivity index is 1.17. The Bertz CT molecular complexity index is 1180. The van der Waals surface area contributed by atoms with Crippen LogP contribution in [0.25, 0.3) is 5.65 Å². The summed E-state index contributed by atoms with van der Waals surface area (Å²) in [5, 5.41) is 8.02. The number of nitrogens with zero attached hydrogens (tertiary/aromatic N) is 5. The minimum absolute atomic E-state index is 0.127. The summed E-state index contributed by atoms with van der Waals surface area (Å²) in [7, 11) is 1.53. The van der Waals surface area contributed by atoms with E-state index in [1.807, 2.05) is 28.9 Å². The first-order valence-corrected chi connectivity index (χ1v) is 10.9. The second-order valence-corrected chi connectivity index (χ2v) is 8.93. The fourth-order valence-electron chi connectivity index (χ4n) is 4.89. The quantitative estimate of drug-likeness (QED) is 0.609. The SMILES string of the molecule is COc1cc(N2CCC3(CCC3)C2)nn(CC2OC2Nc2ccn3ccnc3c2)c1=O. The standard InChI is InChI=1S/C22H26N6O3/c1-30-16-12-19(27-9-6-22(14-27)4-2-5-22)25-28(21(16)29)13-17-20(31-17)24-15-3-8-26-10-7-23-18(26)11-15/h3,7-8,10-12,17,20,24H,2,4-6,9,13-14H2,1H3. The Labute approximate surface area is 179 Å². The van der Waals surface area contributed by atoms with E-state index in [4.69, 9.17) is 9.47 Å². The fourth-order valence-corrected chi connectivity index (χ4v) is 4.89.